The van der Waals surface area contributed by atoms with E-state index in [1.165, 1.54) is 0 Å². The normalized spacial score (nSPS) is 18.8. The van der Waals surface area contributed by atoms with Gasteiger partial charge in [0, 0.05) is 40.9 Å². The predicted octanol–water partition coefficient (Wildman–Crippen LogP) is 3.50. The Balaban J connectivity index is 1.78. The molecule has 4 nitrogen and oxygen atoms in total. The van der Waals surface area contributed by atoms with E-state index in [2.05, 4.69) is 26.1 Å². The molecule has 0 aliphatic carbocycles. The fourth-order valence-electron chi connectivity index (χ4n) is 2.95. The van der Waals surface area contributed by atoms with Crippen LogP contribution in [-0.4, -0.2) is 34.1 Å². The van der Waals surface area contributed by atoms with Crippen LogP contribution in [0.2, 0.25) is 0 Å². The Morgan fingerprint density at radius 1 is 1.43 bits per heavy atom. The molecule has 5 heteroatoms. The van der Waals surface area contributed by atoms with Crippen LogP contribution in [-0.2, 0) is 0 Å². The second-order valence-electron chi connectivity index (χ2n) is 5.62. The third-order valence-corrected chi connectivity index (χ3v) is 4.42. The molecule has 2 heterocycles. The fraction of sp³-hybridized carbons (Fsp3) is 0.375. The molecule has 1 amide bonds. The van der Waals surface area contributed by atoms with E-state index in [0.29, 0.717) is 5.92 Å². The van der Waals surface area contributed by atoms with Gasteiger partial charge in [0.2, 0.25) is 0 Å². The average Bonchev–Trinajstić information content (AvgIpc) is 3.00. The predicted molar refractivity (Wildman–Crippen MR) is 85.3 cm³/mol. The largest absolute Gasteiger partial charge is 0.338 e. The van der Waals surface area contributed by atoms with E-state index in [4.69, 9.17) is 0 Å². The van der Waals surface area contributed by atoms with Crippen LogP contribution in [0.4, 0.5) is 0 Å². The first-order chi connectivity index (χ1) is 10.1. The summed E-state index contributed by atoms with van der Waals surface area (Å²) in [6, 6.07) is 7.87. The lowest BCUT2D eigenvalue weighted by molar-refractivity contribution is 0.0705. The second-order valence-corrected chi connectivity index (χ2v) is 6.54. The van der Waals surface area contributed by atoms with Gasteiger partial charge in [-0.05, 0) is 49.6 Å². The van der Waals surface area contributed by atoms with Gasteiger partial charge in [-0.25, -0.2) is 0 Å². The van der Waals surface area contributed by atoms with Gasteiger partial charge in [-0.2, -0.15) is 5.10 Å². The number of likely N-dealkylation sites (tertiary alicyclic amines) is 1. The number of piperidine rings is 1. The zero-order valence-electron chi connectivity index (χ0n) is 12.0. The number of aromatic amines is 1. The van der Waals surface area contributed by atoms with Crippen molar-refractivity contribution in [2.75, 3.05) is 13.1 Å². The second kappa shape index (κ2) is 6.02. The standard InChI is InChI=1S/C16H18BrN3O/c1-11-7-13(9-14(17)8-11)16(21)20-6-2-3-12(10-20)15-4-5-18-19-15/h4-5,7-9,12H,2-3,6,10H2,1H3,(H,18,19). The molecular weight excluding hydrogens is 330 g/mol. The molecule has 3 rings (SSSR count). The Labute approximate surface area is 132 Å². The molecule has 0 bridgehead atoms. The van der Waals surface area contributed by atoms with E-state index in [-0.39, 0.29) is 5.91 Å². The summed E-state index contributed by atoms with van der Waals surface area (Å²) in [6.07, 6.45) is 3.90. The number of amides is 1. The van der Waals surface area contributed by atoms with E-state index in [1.54, 1.807) is 6.20 Å². The zero-order valence-corrected chi connectivity index (χ0v) is 13.6. The van der Waals surface area contributed by atoms with E-state index in [1.807, 2.05) is 36.1 Å². The lowest BCUT2D eigenvalue weighted by atomic mass is 9.94. The van der Waals surface area contributed by atoms with Gasteiger partial charge in [0.15, 0.2) is 0 Å². The summed E-state index contributed by atoms with van der Waals surface area (Å²) in [5.41, 5.74) is 2.97. The van der Waals surface area contributed by atoms with E-state index in [0.717, 1.165) is 47.2 Å². The summed E-state index contributed by atoms with van der Waals surface area (Å²) in [4.78, 5) is 14.7. The minimum Gasteiger partial charge on any atom is -0.338 e. The summed E-state index contributed by atoms with van der Waals surface area (Å²) in [5.74, 6) is 0.474. The molecule has 0 radical (unpaired) electrons. The molecule has 1 aliphatic rings. The van der Waals surface area contributed by atoms with Crippen molar-refractivity contribution >= 4 is 21.8 Å². The van der Waals surface area contributed by atoms with Crippen molar-refractivity contribution in [2.45, 2.75) is 25.7 Å². The number of hydrogen-bond acceptors (Lipinski definition) is 2. The van der Waals surface area contributed by atoms with Crippen LogP contribution in [0.25, 0.3) is 0 Å². The number of aryl methyl sites for hydroxylation is 1. The molecule has 1 saturated heterocycles. The van der Waals surface area contributed by atoms with Gasteiger partial charge >= 0.3 is 0 Å². The third kappa shape index (κ3) is 3.18. The van der Waals surface area contributed by atoms with Crippen LogP contribution < -0.4 is 0 Å². The molecule has 1 aromatic heterocycles. The zero-order chi connectivity index (χ0) is 14.8. The molecule has 0 saturated carbocycles. The molecule has 2 aromatic rings. The van der Waals surface area contributed by atoms with Crippen LogP contribution >= 0.6 is 15.9 Å². The van der Waals surface area contributed by atoms with Gasteiger partial charge in [0.25, 0.3) is 5.91 Å². The molecule has 1 fully saturated rings. The van der Waals surface area contributed by atoms with Crippen molar-refractivity contribution in [1.82, 2.24) is 15.1 Å². The van der Waals surface area contributed by atoms with Crippen LogP contribution in [0.15, 0.2) is 34.9 Å². The lowest BCUT2D eigenvalue weighted by Gasteiger charge is -2.32. The van der Waals surface area contributed by atoms with Crippen molar-refractivity contribution in [1.29, 1.82) is 0 Å². The van der Waals surface area contributed by atoms with Gasteiger partial charge in [0.05, 0.1) is 0 Å². The maximum absolute atomic E-state index is 12.7. The van der Waals surface area contributed by atoms with Crippen molar-refractivity contribution in [3.63, 3.8) is 0 Å². The molecule has 110 valence electrons. The molecule has 1 atom stereocenters. The Morgan fingerprint density at radius 3 is 3.00 bits per heavy atom. The first-order valence-corrected chi connectivity index (χ1v) is 7.98. The minimum absolute atomic E-state index is 0.114. The number of benzene rings is 1. The molecular formula is C16H18BrN3O. The van der Waals surface area contributed by atoms with Crippen molar-refractivity contribution < 1.29 is 4.79 Å². The van der Waals surface area contributed by atoms with Crippen molar-refractivity contribution in [2.24, 2.45) is 0 Å². The molecule has 1 N–H and O–H groups in total. The van der Waals surface area contributed by atoms with E-state index in [9.17, 15) is 4.79 Å². The molecule has 1 unspecified atom stereocenters. The minimum atomic E-state index is 0.114. The van der Waals surface area contributed by atoms with Gasteiger partial charge in [-0.15, -0.1) is 0 Å². The van der Waals surface area contributed by atoms with Crippen LogP contribution in [0.5, 0.6) is 0 Å². The third-order valence-electron chi connectivity index (χ3n) is 3.96. The highest BCUT2D eigenvalue weighted by molar-refractivity contribution is 9.10. The van der Waals surface area contributed by atoms with Crippen LogP contribution in [0.3, 0.4) is 0 Å². The number of carbonyl (C=O) groups is 1. The van der Waals surface area contributed by atoms with Gasteiger partial charge in [-0.3, -0.25) is 9.89 Å². The summed E-state index contributed by atoms with van der Waals surface area (Å²) in [6.45, 7) is 3.59. The smallest absolute Gasteiger partial charge is 0.253 e. The van der Waals surface area contributed by atoms with Crippen LogP contribution in [0, 0.1) is 6.92 Å². The van der Waals surface area contributed by atoms with Gasteiger partial charge in [-0.1, -0.05) is 15.9 Å². The molecule has 0 spiro atoms. The van der Waals surface area contributed by atoms with Gasteiger partial charge in [0.1, 0.15) is 0 Å². The summed E-state index contributed by atoms with van der Waals surface area (Å²) >= 11 is 3.46. The summed E-state index contributed by atoms with van der Waals surface area (Å²) in [7, 11) is 0. The number of hydrogen-bond donors (Lipinski definition) is 1. The van der Waals surface area contributed by atoms with E-state index >= 15 is 0 Å². The Bertz CT molecular complexity index is 619. The van der Waals surface area contributed by atoms with Crippen LogP contribution in [0.1, 0.15) is 40.4 Å². The number of carbonyl (C=O) groups excluding carboxylic acids is 1. The topological polar surface area (TPSA) is 49.0 Å². The Hall–Kier alpha value is -1.62. The Kier molecular flexibility index (Phi) is 4.10. The van der Waals surface area contributed by atoms with E-state index < -0.39 is 0 Å². The highest BCUT2D eigenvalue weighted by Crippen LogP contribution is 2.27. The highest BCUT2D eigenvalue weighted by Gasteiger charge is 2.26. The molecule has 1 aliphatic heterocycles. The number of aromatic nitrogens is 2. The van der Waals surface area contributed by atoms with Gasteiger partial charge < -0.3 is 4.90 Å². The maximum Gasteiger partial charge on any atom is 0.253 e. The number of H-pyrrole nitrogens is 1. The molecule has 21 heavy (non-hydrogen) atoms. The maximum atomic E-state index is 12.7. The fourth-order valence-corrected chi connectivity index (χ4v) is 3.56. The highest BCUT2D eigenvalue weighted by atomic mass is 79.9. The Morgan fingerprint density at radius 2 is 2.29 bits per heavy atom. The number of rotatable bonds is 2. The average molecular weight is 348 g/mol. The summed E-state index contributed by atoms with van der Waals surface area (Å²) in [5, 5.41) is 7.04. The van der Waals surface area contributed by atoms with Crippen molar-refractivity contribution in [3.8, 4) is 0 Å². The first-order valence-electron chi connectivity index (χ1n) is 7.19. The summed E-state index contributed by atoms with van der Waals surface area (Å²) < 4.78 is 0.952. The lowest BCUT2D eigenvalue weighted by Crippen LogP contribution is -2.39. The number of nitrogens with one attached hydrogen (secondary N) is 1. The quantitative estimate of drug-likeness (QED) is 0.903. The number of nitrogens with zero attached hydrogens (tertiary/aromatic N) is 2. The monoisotopic (exact) mass is 347 g/mol. The SMILES string of the molecule is Cc1cc(Br)cc(C(=O)N2CCCC(c3ccn[nH]3)C2)c1. The van der Waals surface area contributed by atoms with Crippen molar-refractivity contribution in [3.05, 3.63) is 51.8 Å². The number of halogens is 1. The molecule has 1 aromatic carbocycles. The first kappa shape index (κ1) is 14.3.